The number of aromatic amines is 1. The third-order valence-corrected chi connectivity index (χ3v) is 3.08. The Morgan fingerprint density at radius 1 is 1.10 bits per heavy atom. The minimum Gasteiger partial charge on any atom is -0.457 e. The molecule has 0 atom stereocenters. The molecule has 0 radical (unpaired) electrons. The van der Waals surface area contributed by atoms with E-state index in [0.29, 0.717) is 0 Å². The van der Waals surface area contributed by atoms with Crippen molar-refractivity contribution in [1.82, 2.24) is 4.98 Å². The number of aromatic nitrogens is 1. The Morgan fingerprint density at radius 3 is 2.65 bits per heavy atom. The van der Waals surface area contributed by atoms with Crippen LogP contribution in [0.3, 0.4) is 0 Å². The summed E-state index contributed by atoms with van der Waals surface area (Å²) in [4.78, 5) is 14.2. The lowest BCUT2D eigenvalue weighted by Gasteiger charge is -2.06. The standard InChI is InChI=1S/C16H14N2O2/c17-16(19)8-11-10-18-15-7-6-13(9-14(11)15)20-12-4-2-1-3-5-12/h1-7,9-10,18H,8H2,(H2,17,19). The van der Waals surface area contributed by atoms with Gasteiger partial charge in [-0.2, -0.15) is 0 Å². The Balaban J connectivity index is 1.95. The van der Waals surface area contributed by atoms with E-state index in [1.807, 2.05) is 54.7 Å². The van der Waals surface area contributed by atoms with E-state index in [4.69, 9.17) is 10.5 Å². The summed E-state index contributed by atoms with van der Waals surface area (Å²) in [5.74, 6) is 1.16. The van der Waals surface area contributed by atoms with Crippen LogP contribution in [0.25, 0.3) is 10.9 Å². The van der Waals surface area contributed by atoms with Gasteiger partial charge in [0.1, 0.15) is 11.5 Å². The Bertz CT molecular complexity index is 748. The lowest BCUT2D eigenvalue weighted by molar-refractivity contribution is -0.117. The van der Waals surface area contributed by atoms with E-state index in [0.717, 1.165) is 28.0 Å². The first-order chi connectivity index (χ1) is 9.72. The fourth-order valence-electron chi connectivity index (χ4n) is 2.18. The zero-order chi connectivity index (χ0) is 13.9. The monoisotopic (exact) mass is 266 g/mol. The van der Waals surface area contributed by atoms with E-state index in [-0.39, 0.29) is 12.3 Å². The van der Waals surface area contributed by atoms with Gasteiger partial charge in [0.25, 0.3) is 0 Å². The maximum Gasteiger partial charge on any atom is 0.221 e. The largest absolute Gasteiger partial charge is 0.457 e. The van der Waals surface area contributed by atoms with Gasteiger partial charge in [-0.25, -0.2) is 0 Å². The van der Waals surface area contributed by atoms with E-state index in [1.54, 1.807) is 0 Å². The number of ether oxygens (including phenoxy) is 1. The molecule has 0 aliphatic rings. The molecule has 1 heterocycles. The number of carbonyl (C=O) groups is 1. The number of hydrogen-bond donors (Lipinski definition) is 2. The molecule has 0 aliphatic heterocycles. The number of amides is 1. The number of nitrogens with two attached hydrogens (primary N) is 1. The summed E-state index contributed by atoms with van der Waals surface area (Å²) in [6.45, 7) is 0. The molecule has 0 aliphatic carbocycles. The van der Waals surface area contributed by atoms with Crippen LogP contribution in [0.1, 0.15) is 5.56 Å². The molecule has 3 N–H and O–H groups in total. The highest BCUT2D eigenvalue weighted by Crippen LogP contribution is 2.27. The van der Waals surface area contributed by atoms with Crippen LogP contribution in [-0.2, 0) is 11.2 Å². The molecule has 0 spiro atoms. The van der Waals surface area contributed by atoms with Crippen LogP contribution in [0.2, 0.25) is 0 Å². The second kappa shape index (κ2) is 5.09. The van der Waals surface area contributed by atoms with Gasteiger partial charge in [0, 0.05) is 17.1 Å². The number of H-pyrrole nitrogens is 1. The third-order valence-electron chi connectivity index (χ3n) is 3.08. The van der Waals surface area contributed by atoms with Crippen molar-refractivity contribution in [2.45, 2.75) is 6.42 Å². The first-order valence-corrected chi connectivity index (χ1v) is 6.33. The normalized spacial score (nSPS) is 10.6. The lowest BCUT2D eigenvalue weighted by atomic mass is 10.1. The van der Waals surface area contributed by atoms with E-state index in [9.17, 15) is 4.79 Å². The van der Waals surface area contributed by atoms with E-state index in [2.05, 4.69) is 4.98 Å². The van der Waals surface area contributed by atoms with Crippen molar-refractivity contribution in [1.29, 1.82) is 0 Å². The second-order valence-electron chi connectivity index (χ2n) is 4.58. The summed E-state index contributed by atoms with van der Waals surface area (Å²) in [7, 11) is 0. The van der Waals surface area contributed by atoms with Crippen molar-refractivity contribution in [3.05, 3.63) is 60.3 Å². The molecule has 0 bridgehead atoms. The summed E-state index contributed by atoms with van der Waals surface area (Å²) in [6.07, 6.45) is 2.02. The van der Waals surface area contributed by atoms with Crippen molar-refractivity contribution in [3.8, 4) is 11.5 Å². The molecule has 2 aromatic carbocycles. The van der Waals surface area contributed by atoms with Crippen molar-refractivity contribution >= 4 is 16.8 Å². The zero-order valence-electron chi connectivity index (χ0n) is 10.8. The third kappa shape index (κ3) is 2.49. The number of hydrogen-bond acceptors (Lipinski definition) is 2. The molecule has 0 saturated heterocycles. The SMILES string of the molecule is NC(=O)Cc1c[nH]c2ccc(Oc3ccccc3)cc12. The number of nitrogens with one attached hydrogen (secondary N) is 1. The summed E-state index contributed by atoms with van der Waals surface area (Å²) in [5.41, 5.74) is 7.09. The Morgan fingerprint density at radius 2 is 1.90 bits per heavy atom. The quantitative estimate of drug-likeness (QED) is 0.762. The maximum absolute atomic E-state index is 11.1. The minimum atomic E-state index is -0.347. The molecule has 100 valence electrons. The number of benzene rings is 2. The van der Waals surface area contributed by atoms with Crippen LogP contribution in [-0.4, -0.2) is 10.9 Å². The lowest BCUT2D eigenvalue weighted by Crippen LogP contribution is -2.13. The van der Waals surface area contributed by atoms with Crippen molar-refractivity contribution in [2.24, 2.45) is 5.73 Å². The van der Waals surface area contributed by atoms with Gasteiger partial charge in [-0.3, -0.25) is 4.79 Å². The van der Waals surface area contributed by atoms with Crippen LogP contribution in [0, 0.1) is 0 Å². The van der Waals surface area contributed by atoms with E-state index >= 15 is 0 Å². The molecule has 20 heavy (non-hydrogen) atoms. The van der Waals surface area contributed by atoms with Gasteiger partial charge in [0.2, 0.25) is 5.91 Å². The van der Waals surface area contributed by atoms with E-state index in [1.165, 1.54) is 0 Å². The minimum absolute atomic E-state index is 0.217. The van der Waals surface area contributed by atoms with Gasteiger partial charge >= 0.3 is 0 Å². The van der Waals surface area contributed by atoms with Crippen molar-refractivity contribution < 1.29 is 9.53 Å². The number of rotatable bonds is 4. The van der Waals surface area contributed by atoms with Gasteiger partial charge in [-0.15, -0.1) is 0 Å². The first-order valence-electron chi connectivity index (χ1n) is 6.33. The van der Waals surface area contributed by atoms with Crippen LogP contribution in [0.15, 0.2) is 54.7 Å². The maximum atomic E-state index is 11.1. The first kappa shape index (κ1) is 12.3. The molecular formula is C16H14N2O2. The topological polar surface area (TPSA) is 68.1 Å². The summed E-state index contributed by atoms with van der Waals surface area (Å²) in [5, 5.41) is 0.956. The number of primary amides is 1. The predicted molar refractivity (Wildman–Crippen MR) is 77.7 cm³/mol. The average molecular weight is 266 g/mol. The van der Waals surface area contributed by atoms with Crippen molar-refractivity contribution in [3.63, 3.8) is 0 Å². The molecule has 3 aromatic rings. The molecular weight excluding hydrogens is 252 g/mol. The molecule has 0 saturated carbocycles. The Kier molecular flexibility index (Phi) is 3.13. The molecule has 3 rings (SSSR count). The summed E-state index contributed by atoms with van der Waals surface area (Å²) in [6, 6.07) is 15.3. The zero-order valence-corrected chi connectivity index (χ0v) is 10.8. The average Bonchev–Trinajstić information content (AvgIpc) is 2.82. The summed E-state index contributed by atoms with van der Waals surface area (Å²) < 4.78 is 5.79. The Labute approximate surface area is 116 Å². The fraction of sp³-hybridized carbons (Fsp3) is 0.0625. The number of carbonyl (C=O) groups excluding carboxylic acids is 1. The highest BCUT2D eigenvalue weighted by molar-refractivity contribution is 5.89. The smallest absolute Gasteiger partial charge is 0.221 e. The van der Waals surface area contributed by atoms with Crippen LogP contribution in [0.4, 0.5) is 0 Å². The molecule has 4 heteroatoms. The molecule has 0 unspecified atom stereocenters. The molecule has 4 nitrogen and oxygen atoms in total. The summed E-state index contributed by atoms with van der Waals surface area (Å²) >= 11 is 0. The number of para-hydroxylation sites is 1. The Hall–Kier alpha value is -2.75. The van der Waals surface area contributed by atoms with Gasteiger partial charge in [-0.05, 0) is 35.9 Å². The van der Waals surface area contributed by atoms with E-state index < -0.39 is 0 Å². The second-order valence-corrected chi connectivity index (χ2v) is 4.58. The van der Waals surface area contributed by atoms with Crippen LogP contribution >= 0.6 is 0 Å². The predicted octanol–water partition coefficient (Wildman–Crippen LogP) is 2.99. The highest BCUT2D eigenvalue weighted by atomic mass is 16.5. The highest BCUT2D eigenvalue weighted by Gasteiger charge is 2.08. The van der Waals surface area contributed by atoms with Crippen LogP contribution in [0.5, 0.6) is 11.5 Å². The molecule has 1 amide bonds. The van der Waals surface area contributed by atoms with Gasteiger partial charge < -0.3 is 15.5 Å². The molecule has 0 fully saturated rings. The van der Waals surface area contributed by atoms with Gasteiger partial charge in [-0.1, -0.05) is 18.2 Å². The van der Waals surface area contributed by atoms with Crippen LogP contribution < -0.4 is 10.5 Å². The fourth-order valence-corrected chi connectivity index (χ4v) is 2.18. The number of fused-ring (bicyclic) bond motifs is 1. The van der Waals surface area contributed by atoms with Gasteiger partial charge in [0.15, 0.2) is 0 Å². The van der Waals surface area contributed by atoms with Crippen molar-refractivity contribution in [2.75, 3.05) is 0 Å². The van der Waals surface area contributed by atoms with Gasteiger partial charge in [0.05, 0.1) is 6.42 Å². The molecule has 1 aromatic heterocycles.